The molecule has 1 heteroatoms. The van der Waals surface area contributed by atoms with Crippen molar-refractivity contribution in [3.63, 3.8) is 0 Å². The summed E-state index contributed by atoms with van der Waals surface area (Å²) in [5, 5.41) is 1.75. The number of allylic oxidation sites excluding steroid dienone is 1. The maximum Gasteiger partial charge on any atom is 0.134 e. The van der Waals surface area contributed by atoms with Gasteiger partial charge in [0.1, 0.15) is 5.82 Å². The summed E-state index contributed by atoms with van der Waals surface area (Å²) in [6, 6.07) is 19.5. The third-order valence-corrected chi connectivity index (χ3v) is 7.26. The lowest BCUT2D eigenvalue weighted by molar-refractivity contribution is 0.312. The van der Waals surface area contributed by atoms with E-state index in [1.165, 1.54) is 48.8 Å². The summed E-state index contributed by atoms with van der Waals surface area (Å²) in [5.41, 5.74) is 4.97. The number of hydrogen-bond acceptors (Lipinski definition) is 0. The van der Waals surface area contributed by atoms with Crippen LogP contribution in [0.1, 0.15) is 73.6 Å². The smallest absolute Gasteiger partial charge is 0.134 e. The van der Waals surface area contributed by atoms with Crippen LogP contribution >= 0.6 is 0 Å². The second kappa shape index (κ2) is 10.3. The van der Waals surface area contributed by atoms with Gasteiger partial charge in [-0.3, -0.25) is 0 Å². The van der Waals surface area contributed by atoms with Crippen molar-refractivity contribution in [2.75, 3.05) is 0 Å². The molecule has 0 unspecified atom stereocenters. The average Bonchev–Trinajstić information content (AvgIpc) is 2.82. The molecule has 0 amide bonds. The molecule has 0 N–H and O–H groups in total. The van der Waals surface area contributed by atoms with E-state index >= 15 is 0 Å². The lowest BCUT2D eigenvalue weighted by Gasteiger charge is -2.28. The standard InChI is InChI=1S/C30H35F/c1-3-5-6-22-9-14-26(15-10-22)27-16-11-23(12-17-27)7-8-24-13-20-29-28(21-24)19-18-25(4-2)30(29)31/h3,11-13,16-22,26H,1,4-10,14-15H2,2H3. The Hall–Kier alpha value is -2.41. The summed E-state index contributed by atoms with van der Waals surface area (Å²) in [6.07, 6.45) is 12.7. The van der Waals surface area contributed by atoms with Crippen LogP contribution in [0.2, 0.25) is 0 Å². The number of halogens is 1. The zero-order valence-electron chi connectivity index (χ0n) is 18.9. The predicted octanol–water partition coefficient (Wildman–Crippen LogP) is 8.57. The van der Waals surface area contributed by atoms with Crippen molar-refractivity contribution in [2.24, 2.45) is 5.92 Å². The van der Waals surface area contributed by atoms with Gasteiger partial charge in [0.2, 0.25) is 0 Å². The van der Waals surface area contributed by atoms with Gasteiger partial charge in [-0.1, -0.05) is 67.6 Å². The van der Waals surface area contributed by atoms with Gasteiger partial charge in [0.25, 0.3) is 0 Å². The SMILES string of the molecule is C=CCCC1CCC(c2ccc(CCc3ccc4c(F)c(CC)ccc4c3)cc2)CC1. The van der Waals surface area contributed by atoms with Crippen molar-refractivity contribution in [2.45, 2.75) is 70.6 Å². The van der Waals surface area contributed by atoms with Gasteiger partial charge in [0.05, 0.1) is 0 Å². The molecule has 4 rings (SSSR count). The van der Waals surface area contributed by atoms with Crippen LogP contribution in [0, 0.1) is 11.7 Å². The first-order valence-corrected chi connectivity index (χ1v) is 12.1. The number of rotatable bonds is 8. The van der Waals surface area contributed by atoms with Crippen LogP contribution in [0.3, 0.4) is 0 Å². The van der Waals surface area contributed by atoms with Crippen LogP contribution in [0.25, 0.3) is 10.8 Å². The molecule has 0 nitrogen and oxygen atoms in total. The van der Waals surface area contributed by atoms with Crippen molar-refractivity contribution >= 4 is 10.8 Å². The average molecular weight is 415 g/mol. The zero-order chi connectivity index (χ0) is 21.6. The molecule has 0 heterocycles. The van der Waals surface area contributed by atoms with Crippen LogP contribution in [0.4, 0.5) is 4.39 Å². The first-order chi connectivity index (χ1) is 15.2. The topological polar surface area (TPSA) is 0 Å². The molecule has 3 aromatic carbocycles. The van der Waals surface area contributed by atoms with Gasteiger partial charge in [-0.15, -0.1) is 6.58 Å². The highest BCUT2D eigenvalue weighted by Gasteiger charge is 2.21. The van der Waals surface area contributed by atoms with E-state index < -0.39 is 0 Å². The van der Waals surface area contributed by atoms with Gasteiger partial charge in [-0.05, 0) is 97.3 Å². The highest BCUT2D eigenvalue weighted by atomic mass is 19.1. The van der Waals surface area contributed by atoms with Crippen molar-refractivity contribution in [3.05, 3.63) is 95.3 Å². The normalized spacial score (nSPS) is 18.9. The second-order valence-electron chi connectivity index (χ2n) is 9.27. The second-order valence-corrected chi connectivity index (χ2v) is 9.27. The molecule has 1 saturated carbocycles. The van der Waals surface area contributed by atoms with Crippen LogP contribution < -0.4 is 0 Å². The maximum absolute atomic E-state index is 14.5. The number of fused-ring (bicyclic) bond motifs is 1. The number of benzene rings is 3. The van der Waals surface area contributed by atoms with Crippen molar-refractivity contribution in [3.8, 4) is 0 Å². The maximum atomic E-state index is 14.5. The van der Waals surface area contributed by atoms with Gasteiger partial charge < -0.3 is 0 Å². The van der Waals surface area contributed by atoms with Crippen molar-refractivity contribution in [1.82, 2.24) is 0 Å². The molecule has 162 valence electrons. The fraction of sp³-hybridized carbons (Fsp3) is 0.400. The Kier molecular flexibility index (Phi) is 7.22. The van der Waals surface area contributed by atoms with Gasteiger partial charge in [-0.25, -0.2) is 4.39 Å². The largest absolute Gasteiger partial charge is 0.206 e. The monoisotopic (exact) mass is 414 g/mol. The van der Waals surface area contributed by atoms with Crippen LogP contribution in [0.5, 0.6) is 0 Å². The first-order valence-electron chi connectivity index (χ1n) is 12.1. The Morgan fingerprint density at radius 3 is 2.32 bits per heavy atom. The molecule has 0 saturated heterocycles. The minimum Gasteiger partial charge on any atom is -0.206 e. The molecule has 1 aliphatic rings. The Morgan fingerprint density at radius 1 is 0.903 bits per heavy atom. The fourth-order valence-electron chi connectivity index (χ4n) is 5.20. The van der Waals surface area contributed by atoms with E-state index in [4.69, 9.17) is 0 Å². The Bertz CT molecular complexity index is 1010. The summed E-state index contributed by atoms with van der Waals surface area (Å²) < 4.78 is 14.5. The van der Waals surface area contributed by atoms with E-state index in [9.17, 15) is 4.39 Å². The lowest BCUT2D eigenvalue weighted by atomic mass is 9.77. The van der Waals surface area contributed by atoms with Gasteiger partial charge in [-0.2, -0.15) is 0 Å². The molecular weight excluding hydrogens is 379 g/mol. The molecule has 31 heavy (non-hydrogen) atoms. The summed E-state index contributed by atoms with van der Waals surface area (Å²) >= 11 is 0. The fourth-order valence-corrected chi connectivity index (χ4v) is 5.20. The molecule has 0 spiro atoms. The first kappa shape index (κ1) is 21.8. The zero-order valence-corrected chi connectivity index (χ0v) is 18.9. The van der Waals surface area contributed by atoms with Crippen LogP contribution in [0.15, 0.2) is 67.3 Å². The van der Waals surface area contributed by atoms with Crippen LogP contribution in [-0.2, 0) is 19.3 Å². The minimum absolute atomic E-state index is 0.0584. The van der Waals surface area contributed by atoms with Gasteiger partial charge >= 0.3 is 0 Å². The molecule has 1 aliphatic carbocycles. The molecule has 0 bridgehead atoms. The van der Waals surface area contributed by atoms with Gasteiger partial charge in [0, 0.05) is 5.39 Å². The Labute approximate surface area is 187 Å². The molecule has 3 aromatic rings. The van der Waals surface area contributed by atoms with E-state index in [1.807, 2.05) is 19.1 Å². The molecular formula is C30H35F. The van der Waals surface area contributed by atoms with E-state index in [0.717, 1.165) is 53.9 Å². The molecule has 0 aliphatic heterocycles. The highest BCUT2D eigenvalue weighted by molar-refractivity contribution is 5.84. The third-order valence-electron chi connectivity index (χ3n) is 7.26. The summed E-state index contributed by atoms with van der Waals surface area (Å²) in [4.78, 5) is 0. The molecule has 1 fully saturated rings. The summed E-state index contributed by atoms with van der Waals surface area (Å²) in [7, 11) is 0. The molecule has 0 atom stereocenters. The predicted molar refractivity (Wildman–Crippen MR) is 131 cm³/mol. The summed E-state index contributed by atoms with van der Waals surface area (Å²) in [5.74, 6) is 1.58. The Balaban J connectivity index is 1.34. The number of aryl methyl sites for hydroxylation is 3. The van der Waals surface area contributed by atoms with Crippen molar-refractivity contribution in [1.29, 1.82) is 0 Å². The van der Waals surface area contributed by atoms with E-state index in [2.05, 4.69) is 55.1 Å². The minimum atomic E-state index is -0.0584. The van der Waals surface area contributed by atoms with E-state index in [0.29, 0.717) is 0 Å². The van der Waals surface area contributed by atoms with Crippen molar-refractivity contribution < 1.29 is 4.39 Å². The Morgan fingerprint density at radius 2 is 1.61 bits per heavy atom. The lowest BCUT2D eigenvalue weighted by Crippen LogP contribution is -2.13. The molecule has 0 aromatic heterocycles. The van der Waals surface area contributed by atoms with E-state index in [-0.39, 0.29) is 5.82 Å². The quantitative estimate of drug-likeness (QED) is 0.324. The number of hydrogen-bond donors (Lipinski definition) is 0. The molecule has 0 radical (unpaired) electrons. The van der Waals surface area contributed by atoms with Crippen LogP contribution in [-0.4, -0.2) is 0 Å². The highest BCUT2D eigenvalue weighted by Crippen LogP contribution is 2.37. The third kappa shape index (κ3) is 5.26. The summed E-state index contributed by atoms with van der Waals surface area (Å²) in [6.45, 7) is 5.86. The van der Waals surface area contributed by atoms with E-state index in [1.54, 1.807) is 0 Å². The van der Waals surface area contributed by atoms with Gasteiger partial charge in [0.15, 0.2) is 0 Å².